The maximum absolute atomic E-state index is 12.9. The van der Waals surface area contributed by atoms with E-state index in [1.807, 2.05) is 60.7 Å². The van der Waals surface area contributed by atoms with Crippen molar-refractivity contribution in [1.82, 2.24) is 10.8 Å². The van der Waals surface area contributed by atoms with Gasteiger partial charge in [0.2, 0.25) is 5.91 Å². The van der Waals surface area contributed by atoms with E-state index in [1.165, 1.54) is 0 Å². The van der Waals surface area contributed by atoms with E-state index in [1.54, 1.807) is 23.7 Å². The van der Waals surface area contributed by atoms with Gasteiger partial charge in [-0.1, -0.05) is 67.1 Å². The van der Waals surface area contributed by atoms with Gasteiger partial charge in [-0.25, -0.2) is 5.48 Å². The van der Waals surface area contributed by atoms with Crippen molar-refractivity contribution in [3.05, 3.63) is 95.6 Å². The van der Waals surface area contributed by atoms with Crippen LogP contribution in [0.25, 0.3) is 0 Å². The number of nitrogens with one attached hydrogen (secondary N) is 2. The molecule has 0 unspecified atom stereocenters. The Morgan fingerprint density at radius 3 is 2.06 bits per heavy atom. The molecule has 3 aromatic carbocycles. The smallest absolute Gasteiger partial charge is 0.255 e. The Kier molecular flexibility index (Phi) is 9.95. The van der Waals surface area contributed by atoms with Crippen LogP contribution in [0.4, 0.5) is 0 Å². The molecule has 3 aromatic rings. The molecular formula is C27H30N2O5. The molecule has 0 heterocycles. The molecule has 7 nitrogen and oxygen atoms in total. The van der Waals surface area contributed by atoms with Crippen LogP contribution in [0, 0.1) is 0 Å². The Bertz CT molecular complexity index is 1040. The molecule has 0 saturated heterocycles. The zero-order valence-electron chi connectivity index (χ0n) is 19.0. The summed E-state index contributed by atoms with van der Waals surface area (Å²) in [5, 5.41) is 11.4. The second-order valence-corrected chi connectivity index (χ2v) is 7.81. The van der Waals surface area contributed by atoms with Crippen molar-refractivity contribution < 1.29 is 24.3 Å². The van der Waals surface area contributed by atoms with Crippen LogP contribution < -0.4 is 20.3 Å². The summed E-state index contributed by atoms with van der Waals surface area (Å²) >= 11 is 0. The molecule has 3 N–H and O–H groups in total. The predicted molar refractivity (Wildman–Crippen MR) is 129 cm³/mol. The van der Waals surface area contributed by atoms with E-state index in [0.29, 0.717) is 43.2 Å². The zero-order chi connectivity index (χ0) is 24.0. The summed E-state index contributed by atoms with van der Waals surface area (Å²) in [6.45, 7) is 1.21. The van der Waals surface area contributed by atoms with Gasteiger partial charge in [0.1, 0.15) is 24.7 Å². The molecule has 7 heteroatoms. The number of carbonyl (C=O) groups excluding carboxylic acids is 2. The van der Waals surface area contributed by atoms with E-state index in [2.05, 4.69) is 5.32 Å². The fraction of sp³-hybridized carbons (Fsp3) is 0.259. The minimum absolute atomic E-state index is 0.249. The molecule has 0 aliphatic rings. The minimum Gasteiger partial charge on any atom is -0.489 e. The summed E-state index contributed by atoms with van der Waals surface area (Å²) < 4.78 is 11.9. The van der Waals surface area contributed by atoms with E-state index < -0.39 is 5.91 Å². The monoisotopic (exact) mass is 462 g/mol. The number of hydrogen-bond acceptors (Lipinski definition) is 5. The first-order valence-corrected chi connectivity index (χ1v) is 11.3. The predicted octanol–water partition coefficient (Wildman–Crippen LogP) is 4.64. The number of hydroxylamine groups is 1. The highest BCUT2D eigenvalue weighted by molar-refractivity contribution is 5.97. The lowest BCUT2D eigenvalue weighted by Crippen LogP contribution is -2.25. The second kappa shape index (κ2) is 13.6. The highest BCUT2D eigenvalue weighted by Gasteiger charge is 2.15. The van der Waals surface area contributed by atoms with E-state index in [4.69, 9.17) is 14.7 Å². The summed E-state index contributed by atoms with van der Waals surface area (Å²) in [5.74, 6) is 0.405. The Morgan fingerprint density at radius 2 is 1.41 bits per heavy atom. The van der Waals surface area contributed by atoms with Crippen molar-refractivity contribution in [3.63, 3.8) is 0 Å². The number of hydrogen-bond donors (Lipinski definition) is 3. The summed E-state index contributed by atoms with van der Waals surface area (Å²) in [6.07, 6.45) is 2.36. The Hall–Kier alpha value is -3.84. The van der Waals surface area contributed by atoms with E-state index in [-0.39, 0.29) is 12.3 Å². The summed E-state index contributed by atoms with van der Waals surface area (Å²) in [6, 6.07) is 24.8. The van der Waals surface area contributed by atoms with Gasteiger partial charge in [-0.2, -0.15) is 0 Å². The Labute approximate surface area is 199 Å². The van der Waals surface area contributed by atoms with Crippen molar-refractivity contribution in [1.29, 1.82) is 0 Å². The maximum atomic E-state index is 12.9. The fourth-order valence-electron chi connectivity index (χ4n) is 3.32. The number of unbranched alkanes of at least 4 members (excludes halogenated alkanes) is 2. The quantitative estimate of drug-likeness (QED) is 0.195. The van der Waals surface area contributed by atoms with Crippen LogP contribution in [0.2, 0.25) is 0 Å². The molecule has 0 fully saturated rings. The third kappa shape index (κ3) is 8.26. The second-order valence-electron chi connectivity index (χ2n) is 7.81. The van der Waals surface area contributed by atoms with Gasteiger partial charge in [0.05, 0.1) is 5.56 Å². The Balaban J connectivity index is 1.62. The van der Waals surface area contributed by atoms with Crippen LogP contribution in [0.5, 0.6) is 11.5 Å². The van der Waals surface area contributed by atoms with Crippen molar-refractivity contribution in [2.75, 3.05) is 6.54 Å². The standard InChI is InChI=1S/C27H30N2O5/c30-26(29-32)14-8-3-9-17-28-27(31)24-18-23(33-19-21-10-4-1-5-11-21)15-16-25(24)34-20-22-12-6-2-7-13-22/h1-2,4-7,10-13,15-16,18,32H,3,8-9,14,17,19-20H2,(H,28,31)(H,29,30). The molecule has 0 aliphatic heterocycles. The van der Waals surface area contributed by atoms with Crippen molar-refractivity contribution in [3.8, 4) is 11.5 Å². The number of rotatable bonds is 13. The van der Waals surface area contributed by atoms with Gasteiger partial charge in [-0.05, 0) is 42.2 Å². The average Bonchev–Trinajstić information content (AvgIpc) is 2.89. The number of carbonyl (C=O) groups is 2. The number of benzene rings is 3. The van der Waals surface area contributed by atoms with Crippen LogP contribution in [-0.2, 0) is 18.0 Å². The molecule has 0 saturated carbocycles. The van der Waals surface area contributed by atoms with Gasteiger partial charge in [0.15, 0.2) is 0 Å². The topological polar surface area (TPSA) is 96.9 Å². The number of amides is 2. The molecule has 178 valence electrons. The van der Waals surface area contributed by atoms with Crippen LogP contribution in [-0.4, -0.2) is 23.6 Å². The van der Waals surface area contributed by atoms with Gasteiger partial charge in [0, 0.05) is 13.0 Å². The molecule has 0 spiro atoms. The molecule has 3 rings (SSSR count). The summed E-state index contributed by atoms with van der Waals surface area (Å²) in [5.41, 5.74) is 4.06. The van der Waals surface area contributed by atoms with E-state index in [9.17, 15) is 9.59 Å². The largest absolute Gasteiger partial charge is 0.489 e. The number of ether oxygens (including phenoxy) is 2. The lowest BCUT2D eigenvalue weighted by atomic mass is 10.1. The van der Waals surface area contributed by atoms with E-state index >= 15 is 0 Å². The zero-order valence-corrected chi connectivity index (χ0v) is 19.0. The summed E-state index contributed by atoms with van der Waals surface area (Å²) in [4.78, 5) is 24.0. The van der Waals surface area contributed by atoms with Crippen LogP contribution in [0.3, 0.4) is 0 Å². The molecule has 2 amide bonds. The molecular weight excluding hydrogens is 432 g/mol. The van der Waals surface area contributed by atoms with Crippen LogP contribution >= 0.6 is 0 Å². The molecule has 0 aliphatic carbocycles. The van der Waals surface area contributed by atoms with Gasteiger partial charge in [0.25, 0.3) is 5.91 Å². The first kappa shape index (κ1) is 24.8. The molecule has 34 heavy (non-hydrogen) atoms. The first-order chi connectivity index (χ1) is 16.7. The van der Waals surface area contributed by atoms with Gasteiger partial charge < -0.3 is 14.8 Å². The van der Waals surface area contributed by atoms with Gasteiger partial charge in [-0.3, -0.25) is 14.8 Å². The normalized spacial score (nSPS) is 10.4. The van der Waals surface area contributed by atoms with Crippen molar-refractivity contribution in [2.24, 2.45) is 0 Å². The highest BCUT2D eigenvalue weighted by Crippen LogP contribution is 2.26. The maximum Gasteiger partial charge on any atom is 0.255 e. The molecule has 0 radical (unpaired) electrons. The lowest BCUT2D eigenvalue weighted by molar-refractivity contribution is -0.129. The molecule has 0 atom stereocenters. The summed E-state index contributed by atoms with van der Waals surface area (Å²) in [7, 11) is 0. The van der Waals surface area contributed by atoms with Crippen LogP contribution in [0.1, 0.15) is 47.2 Å². The first-order valence-electron chi connectivity index (χ1n) is 11.3. The third-order valence-corrected chi connectivity index (χ3v) is 5.17. The minimum atomic E-state index is -0.406. The highest BCUT2D eigenvalue weighted by atomic mass is 16.5. The van der Waals surface area contributed by atoms with Gasteiger partial charge in [-0.15, -0.1) is 0 Å². The van der Waals surface area contributed by atoms with E-state index in [0.717, 1.165) is 24.0 Å². The van der Waals surface area contributed by atoms with Gasteiger partial charge >= 0.3 is 0 Å². The Morgan fingerprint density at radius 1 is 0.765 bits per heavy atom. The van der Waals surface area contributed by atoms with Crippen LogP contribution in [0.15, 0.2) is 78.9 Å². The third-order valence-electron chi connectivity index (χ3n) is 5.17. The SMILES string of the molecule is O=C(CCCCCNC(=O)c1cc(OCc2ccccc2)ccc1OCc1ccccc1)NO. The molecule has 0 bridgehead atoms. The van der Waals surface area contributed by atoms with Crippen molar-refractivity contribution in [2.45, 2.75) is 38.9 Å². The van der Waals surface area contributed by atoms with Crippen molar-refractivity contribution >= 4 is 11.8 Å². The lowest BCUT2D eigenvalue weighted by Gasteiger charge is -2.14. The average molecular weight is 463 g/mol. The molecule has 0 aromatic heterocycles. The fourth-order valence-corrected chi connectivity index (χ4v) is 3.32.